The highest BCUT2D eigenvalue weighted by molar-refractivity contribution is 7.46. The molecule has 0 saturated carbocycles. The first kappa shape index (κ1) is 52.1. The molecule has 0 aromatic heterocycles. The van der Waals surface area contributed by atoms with Crippen LogP contribution in [-0.2, 0) is 18.6 Å². The largest absolute Gasteiger partial charge is 0.469 e. The number of ether oxygens (including phenoxy) is 2. The van der Waals surface area contributed by atoms with Gasteiger partial charge in [0.25, 0.3) is 0 Å². The molecule has 1 atom stereocenters. The minimum Gasteiger partial charge on any atom is -0.395 e. The lowest BCUT2D eigenvalue weighted by molar-refractivity contribution is -0.0429. The number of hydrogen-bond donors (Lipinski definition) is 4. The topological polar surface area (TPSA) is 131 Å². The number of aliphatic hydroxyl groups is 1. The number of phosphoric acid groups is 1. The Balaban J connectivity index is 0. The molecule has 0 saturated heterocycles. The number of phosphoric ester groups is 1. The highest BCUT2D eigenvalue weighted by Gasteiger charge is 2.19. The maximum absolute atomic E-state index is 11.2. The van der Waals surface area contributed by atoms with Crippen molar-refractivity contribution in [2.45, 2.75) is 225 Å². The van der Waals surface area contributed by atoms with E-state index in [9.17, 15) is 4.57 Å². The lowest BCUT2D eigenvalue weighted by Crippen LogP contribution is -2.26. The molecule has 1 unspecified atom stereocenters. The summed E-state index contributed by atoms with van der Waals surface area (Å²) in [6.45, 7) is 6.45. The molecule has 0 rings (SSSR count). The molecule has 0 fully saturated rings. The Morgan fingerprint density at radius 2 is 0.760 bits per heavy atom. The smallest absolute Gasteiger partial charge is 0.395 e. The number of unbranched alkanes of at least 4 members (excludes halogenated alkanes) is 30. The number of aliphatic hydroxyl groups excluding tert-OH is 1. The Kier molecular flexibility index (Phi) is 47.0. The van der Waals surface area contributed by atoms with Gasteiger partial charge in [-0.25, -0.2) is 4.57 Å². The zero-order valence-electron chi connectivity index (χ0n) is 33.4. The average molecular weight is 738 g/mol. The molecular weight excluding hydrogens is 649 g/mol. The van der Waals surface area contributed by atoms with E-state index in [-0.39, 0.29) is 13.2 Å². The van der Waals surface area contributed by atoms with Crippen molar-refractivity contribution in [1.82, 2.24) is 0 Å². The quantitative estimate of drug-likeness (QED) is 0.0360. The highest BCUT2D eigenvalue weighted by Crippen LogP contribution is 2.35. The lowest BCUT2D eigenvalue weighted by atomic mass is 10.0. The van der Waals surface area contributed by atoms with Gasteiger partial charge in [0.05, 0.1) is 19.8 Å². The van der Waals surface area contributed by atoms with E-state index >= 15 is 0 Å². The van der Waals surface area contributed by atoms with Gasteiger partial charge in [-0.15, -0.1) is 0 Å². The van der Waals surface area contributed by atoms with Crippen LogP contribution in [0.5, 0.6) is 0 Å². The van der Waals surface area contributed by atoms with Gasteiger partial charge in [0.2, 0.25) is 0 Å². The van der Waals surface area contributed by atoms with Crippen LogP contribution in [0.4, 0.5) is 0 Å². The van der Waals surface area contributed by atoms with Crippen molar-refractivity contribution in [1.29, 1.82) is 0 Å². The Morgan fingerprint density at radius 1 is 0.480 bits per heavy atom. The predicted octanol–water partition coefficient (Wildman–Crippen LogP) is 12.0. The van der Waals surface area contributed by atoms with E-state index < -0.39 is 13.9 Å². The van der Waals surface area contributed by atoms with Gasteiger partial charge in [0.15, 0.2) is 0 Å². The van der Waals surface area contributed by atoms with Crippen molar-refractivity contribution in [2.75, 3.05) is 39.6 Å². The van der Waals surface area contributed by atoms with E-state index in [4.69, 9.17) is 34.6 Å². The van der Waals surface area contributed by atoms with Crippen molar-refractivity contribution in [3.63, 3.8) is 0 Å². The molecule has 5 N–H and O–H groups in total. The molecule has 0 spiro atoms. The zero-order valence-corrected chi connectivity index (χ0v) is 34.3. The van der Waals surface area contributed by atoms with Crippen LogP contribution in [0.2, 0.25) is 0 Å². The fraction of sp³-hybridized carbons (Fsp3) is 1.00. The van der Waals surface area contributed by atoms with Crippen molar-refractivity contribution >= 4 is 7.82 Å². The van der Waals surface area contributed by atoms with Crippen molar-refractivity contribution in [3.05, 3.63) is 0 Å². The van der Waals surface area contributed by atoms with Crippen molar-refractivity contribution in [2.24, 2.45) is 5.73 Å². The molecule has 0 radical (unpaired) electrons. The third-order valence-corrected chi connectivity index (χ3v) is 9.84. The average Bonchev–Trinajstić information content (AvgIpc) is 3.10. The second kappa shape index (κ2) is 45.1. The summed E-state index contributed by atoms with van der Waals surface area (Å²) < 4.78 is 27.6. The van der Waals surface area contributed by atoms with Crippen molar-refractivity contribution in [3.8, 4) is 0 Å². The van der Waals surface area contributed by atoms with Gasteiger partial charge in [-0.3, -0.25) is 4.52 Å². The summed E-state index contributed by atoms with van der Waals surface area (Å²) in [5.41, 5.74) is 4.78. The normalized spacial score (nSPS) is 12.3. The number of hydrogen-bond acceptors (Lipinski definition) is 6. The third-order valence-electron chi connectivity index (χ3n) is 9.36. The summed E-state index contributed by atoms with van der Waals surface area (Å²) in [5, 5.41) is 7.75. The fourth-order valence-electron chi connectivity index (χ4n) is 6.19. The zero-order chi connectivity index (χ0) is 37.1. The molecule has 8 nitrogen and oxygen atoms in total. The Bertz CT molecular complexity index is 650. The number of rotatable bonds is 41. The van der Waals surface area contributed by atoms with E-state index in [0.29, 0.717) is 26.4 Å². The maximum Gasteiger partial charge on any atom is 0.469 e. The summed E-state index contributed by atoms with van der Waals surface area (Å²) in [4.78, 5) is 18.2. The molecule has 0 amide bonds. The molecule has 9 heteroatoms. The van der Waals surface area contributed by atoms with Gasteiger partial charge in [-0.2, -0.15) is 0 Å². The summed E-state index contributed by atoms with van der Waals surface area (Å²) in [6.07, 6.45) is 42.3. The minimum absolute atomic E-state index is 0.0972. The van der Waals surface area contributed by atoms with Crippen LogP contribution >= 0.6 is 7.82 Å². The Labute approximate surface area is 311 Å². The molecule has 0 aliphatic carbocycles. The summed E-state index contributed by atoms with van der Waals surface area (Å²) in [5.74, 6) is 0. The molecule has 0 aliphatic rings. The minimum atomic E-state index is -4.51. The van der Waals surface area contributed by atoms with Gasteiger partial charge in [-0.1, -0.05) is 206 Å². The van der Waals surface area contributed by atoms with Gasteiger partial charge in [0.1, 0.15) is 6.10 Å². The first-order valence-electron chi connectivity index (χ1n) is 21.6. The van der Waals surface area contributed by atoms with Crippen LogP contribution in [0.1, 0.15) is 219 Å². The molecule has 50 heavy (non-hydrogen) atoms. The standard InChI is InChI=1S/C39H81O6P.C2H7NO/c1-3-5-7-9-11-13-15-17-19-21-23-25-27-29-31-33-35-43-37-39(38-45-46(40,41)42)44-36-34-32-30-28-26-24-22-20-18-16-14-12-10-8-6-4-2;3-1-2-4/h39H,3-38H2,1-2H3,(H2,40,41,42);4H,1-3H2. The van der Waals surface area contributed by atoms with Gasteiger partial charge in [0, 0.05) is 19.8 Å². The third kappa shape index (κ3) is 50.1. The van der Waals surface area contributed by atoms with E-state index in [1.54, 1.807) is 0 Å². The predicted molar refractivity (Wildman–Crippen MR) is 214 cm³/mol. The van der Waals surface area contributed by atoms with E-state index in [1.165, 1.54) is 186 Å². The van der Waals surface area contributed by atoms with E-state index in [0.717, 1.165) is 19.3 Å². The fourth-order valence-corrected chi connectivity index (χ4v) is 6.55. The Morgan fingerprint density at radius 3 is 1.04 bits per heavy atom. The first-order valence-corrected chi connectivity index (χ1v) is 23.1. The maximum atomic E-state index is 11.2. The summed E-state index contributed by atoms with van der Waals surface area (Å²) in [6, 6.07) is 0. The van der Waals surface area contributed by atoms with E-state index in [1.807, 2.05) is 0 Å². The van der Waals surface area contributed by atoms with Crippen molar-refractivity contribution < 1.29 is 33.5 Å². The summed E-state index contributed by atoms with van der Waals surface area (Å²) in [7, 11) is -4.51. The first-order chi connectivity index (χ1) is 24.4. The second-order valence-corrected chi connectivity index (χ2v) is 15.7. The van der Waals surface area contributed by atoms with Crippen LogP contribution in [-0.4, -0.2) is 60.6 Å². The molecule has 0 aliphatic heterocycles. The molecule has 0 bridgehead atoms. The monoisotopic (exact) mass is 738 g/mol. The number of nitrogens with two attached hydrogens (primary N) is 1. The van der Waals surface area contributed by atoms with Crippen LogP contribution in [0.15, 0.2) is 0 Å². The van der Waals surface area contributed by atoms with Crippen LogP contribution in [0.25, 0.3) is 0 Å². The van der Waals surface area contributed by atoms with Crippen LogP contribution < -0.4 is 5.73 Å². The molecule has 304 valence electrons. The van der Waals surface area contributed by atoms with Gasteiger partial charge in [-0.05, 0) is 12.8 Å². The van der Waals surface area contributed by atoms with Crippen LogP contribution in [0.3, 0.4) is 0 Å². The lowest BCUT2D eigenvalue weighted by Gasteiger charge is -2.18. The molecule has 0 heterocycles. The highest BCUT2D eigenvalue weighted by atomic mass is 31.2. The molecule has 0 aromatic rings. The SMILES string of the molecule is CCCCCCCCCCCCCCCCCCOCC(COP(=O)(O)O)OCCCCCCCCCCCCCCCCCC.NCCO. The molecule has 0 aromatic carbocycles. The van der Waals surface area contributed by atoms with Crippen LogP contribution in [0, 0.1) is 0 Å². The second-order valence-electron chi connectivity index (χ2n) is 14.5. The Hall–Kier alpha value is -0.0500. The van der Waals surface area contributed by atoms with E-state index in [2.05, 4.69) is 13.8 Å². The molecular formula is C41H88NO7P. The van der Waals surface area contributed by atoms with Gasteiger partial charge < -0.3 is 30.1 Å². The van der Waals surface area contributed by atoms with Gasteiger partial charge >= 0.3 is 7.82 Å². The summed E-state index contributed by atoms with van der Waals surface area (Å²) >= 11 is 0.